The first-order chi connectivity index (χ1) is 13.1. The van der Waals surface area contributed by atoms with Crippen molar-refractivity contribution in [1.29, 1.82) is 0 Å². The van der Waals surface area contributed by atoms with Crippen LogP contribution in [0.5, 0.6) is 5.75 Å². The number of aromatic nitrogens is 4. The minimum atomic E-state index is -0.296. The van der Waals surface area contributed by atoms with Crippen LogP contribution < -0.4 is 10.1 Å². The normalized spacial score (nSPS) is 11.3. The molecule has 0 saturated carbocycles. The Balaban J connectivity index is 1.61. The van der Waals surface area contributed by atoms with E-state index >= 15 is 0 Å². The van der Waals surface area contributed by atoms with Crippen molar-refractivity contribution in [2.75, 3.05) is 12.4 Å². The molecule has 8 nitrogen and oxygen atoms in total. The molecular formula is C18H15N5O3S. The number of carbonyl (C=O) groups excluding carboxylic acids is 1. The average Bonchev–Trinajstić information content (AvgIpc) is 3.39. The molecule has 1 N–H and O–H groups in total. The van der Waals surface area contributed by atoms with Crippen molar-refractivity contribution < 1.29 is 13.9 Å². The van der Waals surface area contributed by atoms with Crippen LogP contribution in [-0.4, -0.2) is 32.8 Å². The predicted octanol–water partition coefficient (Wildman–Crippen LogP) is 3.41. The third-order valence-electron chi connectivity index (χ3n) is 3.79. The lowest BCUT2D eigenvalue weighted by atomic mass is 10.2. The van der Waals surface area contributed by atoms with Gasteiger partial charge < -0.3 is 14.5 Å². The van der Waals surface area contributed by atoms with E-state index in [2.05, 4.69) is 20.6 Å². The summed E-state index contributed by atoms with van der Waals surface area (Å²) >= 11 is 1.42. The number of rotatable bonds is 5. The highest BCUT2D eigenvalue weighted by atomic mass is 32.1. The Labute approximate surface area is 158 Å². The largest absolute Gasteiger partial charge is 0.495 e. The van der Waals surface area contributed by atoms with Gasteiger partial charge in [-0.1, -0.05) is 11.3 Å². The Morgan fingerprint density at radius 3 is 2.96 bits per heavy atom. The van der Waals surface area contributed by atoms with E-state index < -0.39 is 0 Å². The van der Waals surface area contributed by atoms with Gasteiger partial charge >= 0.3 is 0 Å². The first-order valence-electron chi connectivity index (χ1n) is 8.04. The van der Waals surface area contributed by atoms with Gasteiger partial charge in [0.1, 0.15) is 16.5 Å². The monoisotopic (exact) mass is 381 g/mol. The maximum atomic E-state index is 12.2. The standard InChI is InChI=1S/C18H15N5O3S/c1-11-20-21-18-23(11)22-17(27-18)12-5-7-15(25-2)14(10-12)19-16(24)8-6-13-4-3-9-26-13/h3-10H,1-2H3,(H,19,24). The summed E-state index contributed by atoms with van der Waals surface area (Å²) in [6.45, 7) is 1.84. The fraction of sp³-hybridized carbons (Fsp3) is 0.111. The van der Waals surface area contributed by atoms with E-state index in [0.717, 1.165) is 16.4 Å². The molecule has 27 heavy (non-hydrogen) atoms. The lowest BCUT2D eigenvalue weighted by Gasteiger charge is -2.10. The number of anilines is 1. The fourth-order valence-corrected chi connectivity index (χ4v) is 3.37. The number of benzene rings is 1. The number of hydrogen-bond acceptors (Lipinski definition) is 7. The Bertz CT molecular complexity index is 1130. The van der Waals surface area contributed by atoms with Crippen LogP contribution in [-0.2, 0) is 4.79 Å². The molecule has 0 spiro atoms. The van der Waals surface area contributed by atoms with Crippen LogP contribution in [0.4, 0.5) is 5.69 Å². The second-order valence-electron chi connectivity index (χ2n) is 5.60. The zero-order valence-corrected chi connectivity index (χ0v) is 15.4. The summed E-state index contributed by atoms with van der Waals surface area (Å²) in [5.41, 5.74) is 1.39. The van der Waals surface area contributed by atoms with Crippen LogP contribution in [0.1, 0.15) is 11.6 Å². The molecule has 0 aliphatic rings. The van der Waals surface area contributed by atoms with Crippen LogP contribution in [0.25, 0.3) is 21.6 Å². The van der Waals surface area contributed by atoms with Gasteiger partial charge in [0.15, 0.2) is 5.82 Å². The molecule has 0 atom stereocenters. The number of aryl methyl sites for hydroxylation is 1. The van der Waals surface area contributed by atoms with Crippen LogP contribution in [0.2, 0.25) is 0 Å². The molecule has 0 unspecified atom stereocenters. The minimum absolute atomic E-state index is 0.296. The summed E-state index contributed by atoms with van der Waals surface area (Å²) in [5, 5.41) is 16.2. The topological polar surface area (TPSA) is 94.5 Å². The molecule has 1 amide bonds. The van der Waals surface area contributed by atoms with Crippen molar-refractivity contribution in [3.63, 3.8) is 0 Å². The van der Waals surface area contributed by atoms with Crippen LogP contribution in [0, 0.1) is 6.92 Å². The molecular weight excluding hydrogens is 366 g/mol. The van der Waals surface area contributed by atoms with E-state index in [1.54, 1.807) is 42.2 Å². The number of methoxy groups -OCH3 is 1. The molecule has 3 aromatic heterocycles. The first kappa shape index (κ1) is 17.0. The number of nitrogens with one attached hydrogen (secondary N) is 1. The van der Waals surface area contributed by atoms with Gasteiger partial charge in [0.25, 0.3) is 0 Å². The maximum absolute atomic E-state index is 12.2. The molecule has 136 valence electrons. The van der Waals surface area contributed by atoms with Gasteiger partial charge in [-0.15, -0.1) is 10.2 Å². The van der Waals surface area contributed by atoms with Gasteiger partial charge in [-0.3, -0.25) is 4.79 Å². The second kappa shape index (κ2) is 7.04. The number of amides is 1. The van der Waals surface area contributed by atoms with Crippen molar-refractivity contribution in [3.05, 3.63) is 54.3 Å². The van der Waals surface area contributed by atoms with Crippen LogP contribution >= 0.6 is 11.3 Å². The van der Waals surface area contributed by atoms with Gasteiger partial charge in [-0.05, 0) is 43.3 Å². The van der Waals surface area contributed by atoms with Crippen molar-refractivity contribution in [2.24, 2.45) is 0 Å². The van der Waals surface area contributed by atoms with E-state index in [-0.39, 0.29) is 5.91 Å². The third-order valence-corrected chi connectivity index (χ3v) is 4.74. The molecule has 0 radical (unpaired) electrons. The van der Waals surface area contributed by atoms with E-state index in [1.165, 1.54) is 17.4 Å². The van der Waals surface area contributed by atoms with Gasteiger partial charge in [-0.2, -0.15) is 9.61 Å². The molecule has 0 saturated heterocycles. The van der Waals surface area contributed by atoms with E-state index in [1.807, 2.05) is 19.1 Å². The lowest BCUT2D eigenvalue weighted by Crippen LogP contribution is -2.09. The predicted molar refractivity (Wildman–Crippen MR) is 102 cm³/mol. The number of ether oxygens (including phenoxy) is 1. The molecule has 4 rings (SSSR count). The third kappa shape index (κ3) is 3.44. The SMILES string of the molecule is COc1ccc(-c2nn3c(C)nnc3s2)cc1NC(=O)C=Cc1ccco1. The summed E-state index contributed by atoms with van der Waals surface area (Å²) in [6, 6.07) is 9.01. The average molecular weight is 381 g/mol. The molecule has 0 aliphatic heterocycles. The Kier molecular flexibility index (Phi) is 4.43. The molecule has 3 heterocycles. The number of furan rings is 1. The molecule has 0 bridgehead atoms. The quantitative estimate of drug-likeness (QED) is 0.532. The number of carbonyl (C=O) groups is 1. The van der Waals surface area contributed by atoms with E-state index in [4.69, 9.17) is 9.15 Å². The summed E-state index contributed by atoms with van der Waals surface area (Å²) < 4.78 is 12.2. The van der Waals surface area contributed by atoms with Crippen LogP contribution in [0.3, 0.4) is 0 Å². The first-order valence-corrected chi connectivity index (χ1v) is 8.85. The minimum Gasteiger partial charge on any atom is -0.495 e. The van der Waals surface area contributed by atoms with Gasteiger partial charge in [-0.25, -0.2) is 0 Å². The summed E-state index contributed by atoms with van der Waals surface area (Å²) in [7, 11) is 1.55. The highest BCUT2D eigenvalue weighted by molar-refractivity contribution is 7.19. The fourth-order valence-electron chi connectivity index (χ4n) is 2.49. The molecule has 9 heteroatoms. The molecule has 4 aromatic rings. The Morgan fingerprint density at radius 1 is 1.33 bits per heavy atom. The number of fused-ring (bicyclic) bond motifs is 1. The Morgan fingerprint density at radius 2 is 2.22 bits per heavy atom. The number of nitrogens with zero attached hydrogens (tertiary/aromatic N) is 4. The summed E-state index contributed by atoms with van der Waals surface area (Å²) in [5.74, 6) is 1.58. The highest BCUT2D eigenvalue weighted by Crippen LogP contribution is 2.32. The lowest BCUT2D eigenvalue weighted by molar-refractivity contribution is -0.111. The van der Waals surface area contributed by atoms with Crippen LogP contribution in [0.15, 0.2) is 47.1 Å². The van der Waals surface area contributed by atoms with Crippen molar-refractivity contribution >= 4 is 34.0 Å². The van der Waals surface area contributed by atoms with Gasteiger partial charge in [0.05, 0.1) is 19.1 Å². The summed E-state index contributed by atoms with van der Waals surface area (Å²) in [4.78, 5) is 13.0. The smallest absolute Gasteiger partial charge is 0.248 e. The number of hydrogen-bond donors (Lipinski definition) is 1. The molecule has 0 fully saturated rings. The van der Waals surface area contributed by atoms with Gasteiger partial charge in [0.2, 0.25) is 10.9 Å². The van der Waals surface area contributed by atoms with E-state index in [9.17, 15) is 4.79 Å². The Hall–Kier alpha value is -3.46. The maximum Gasteiger partial charge on any atom is 0.248 e. The highest BCUT2D eigenvalue weighted by Gasteiger charge is 2.13. The van der Waals surface area contributed by atoms with Crippen molar-refractivity contribution in [3.8, 4) is 16.3 Å². The van der Waals surface area contributed by atoms with Gasteiger partial charge in [0, 0.05) is 11.6 Å². The van der Waals surface area contributed by atoms with Crippen molar-refractivity contribution in [2.45, 2.75) is 6.92 Å². The molecule has 0 aliphatic carbocycles. The molecule has 1 aromatic carbocycles. The van der Waals surface area contributed by atoms with E-state index in [0.29, 0.717) is 22.2 Å². The van der Waals surface area contributed by atoms with Crippen molar-refractivity contribution in [1.82, 2.24) is 19.8 Å². The zero-order chi connectivity index (χ0) is 18.8. The summed E-state index contributed by atoms with van der Waals surface area (Å²) in [6.07, 6.45) is 4.54. The second-order valence-corrected chi connectivity index (χ2v) is 6.56. The zero-order valence-electron chi connectivity index (χ0n) is 14.5.